The normalized spacial score (nSPS) is 16.7. The minimum Gasteiger partial charge on any atom is -0.507 e. The Bertz CT molecular complexity index is 920. The van der Waals surface area contributed by atoms with Gasteiger partial charge in [-0.05, 0) is 35.7 Å². The van der Waals surface area contributed by atoms with Gasteiger partial charge in [0.15, 0.2) is 0 Å². The van der Waals surface area contributed by atoms with Gasteiger partial charge in [0.25, 0.3) is 5.91 Å². The zero-order valence-electron chi connectivity index (χ0n) is 13.7. The molecule has 5 nitrogen and oxygen atoms in total. The SMILES string of the molecule is O=C(CSc1ccccc1O)N1N=C(c2cccs2)CC1c1ccco1. The smallest absolute Gasteiger partial charge is 0.253 e. The van der Waals surface area contributed by atoms with Gasteiger partial charge in [0.2, 0.25) is 0 Å². The maximum absolute atomic E-state index is 12.8. The Morgan fingerprint density at radius 1 is 1.27 bits per heavy atom. The van der Waals surface area contributed by atoms with Crippen molar-refractivity contribution in [3.63, 3.8) is 0 Å². The first-order valence-corrected chi connectivity index (χ1v) is 9.96. The van der Waals surface area contributed by atoms with Crippen molar-refractivity contribution >= 4 is 34.7 Å². The van der Waals surface area contributed by atoms with Crippen LogP contribution in [0.15, 0.2) is 74.6 Å². The number of aromatic hydroxyl groups is 1. The van der Waals surface area contributed by atoms with E-state index in [1.54, 1.807) is 35.8 Å². The van der Waals surface area contributed by atoms with Gasteiger partial charge in [0.05, 0.1) is 22.6 Å². The predicted octanol–water partition coefficient (Wildman–Crippen LogP) is 4.52. The van der Waals surface area contributed by atoms with E-state index in [-0.39, 0.29) is 23.5 Å². The standard InChI is InChI=1S/C19H16N2O3S2/c22-15-5-1-2-7-18(15)26-12-19(23)21-14(16-6-3-9-24-16)11-13(20-21)17-8-4-10-25-17/h1-10,14,22H,11-12H2. The van der Waals surface area contributed by atoms with Crippen molar-refractivity contribution in [3.8, 4) is 5.75 Å². The van der Waals surface area contributed by atoms with Crippen molar-refractivity contribution < 1.29 is 14.3 Å². The van der Waals surface area contributed by atoms with Crippen molar-refractivity contribution in [3.05, 3.63) is 70.8 Å². The Labute approximate surface area is 159 Å². The van der Waals surface area contributed by atoms with Crippen molar-refractivity contribution in [1.82, 2.24) is 5.01 Å². The topological polar surface area (TPSA) is 66.0 Å². The molecule has 0 bridgehead atoms. The molecule has 0 aliphatic carbocycles. The lowest BCUT2D eigenvalue weighted by Crippen LogP contribution is -2.28. The number of hydrazone groups is 1. The second kappa shape index (κ2) is 7.39. The minimum atomic E-state index is -0.237. The average Bonchev–Trinajstić information content (AvgIpc) is 3.41. The van der Waals surface area contributed by atoms with Crippen LogP contribution in [0.4, 0.5) is 0 Å². The van der Waals surface area contributed by atoms with Gasteiger partial charge in [0, 0.05) is 11.3 Å². The highest BCUT2D eigenvalue weighted by Gasteiger charge is 2.35. The highest BCUT2D eigenvalue weighted by molar-refractivity contribution is 8.00. The summed E-state index contributed by atoms with van der Waals surface area (Å²) in [6.45, 7) is 0. The summed E-state index contributed by atoms with van der Waals surface area (Å²) in [7, 11) is 0. The Kier molecular flexibility index (Phi) is 4.81. The molecule has 1 aromatic carbocycles. The van der Waals surface area contributed by atoms with Gasteiger partial charge in [-0.15, -0.1) is 23.1 Å². The first-order chi connectivity index (χ1) is 12.7. The van der Waals surface area contributed by atoms with Crippen molar-refractivity contribution in [1.29, 1.82) is 0 Å². The van der Waals surface area contributed by atoms with Crippen LogP contribution in [0.1, 0.15) is 23.1 Å². The number of hydrogen-bond donors (Lipinski definition) is 1. The lowest BCUT2D eigenvalue weighted by Gasteiger charge is -2.19. The number of carbonyl (C=O) groups excluding carboxylic acids is 1. The van der Waals surface area contributed by atoms with E-state index in [9.17, 15) is 9.90 Å². The molecule has 26 heavy (non-hydrogen) atoms. The predicted molar refractivity (Wildman–Crippen MR) is 103 cm³/mol. The largest absolute Gasteiger partial charge is 0.507 e. The van der Waals surface area contributed by atoms with E-state index in [1.807, 2.05) is 35.7 Å². The van der Waals surface area contributed by atoms with Crippen LogP contribution in [0, 0.1) is 0 Å². The van der Waals surface area contributed by atoms with Gasteiger partial charge in [-0.25, -0.2) is 5.01 Å². The van der Waals surface area contributed by atoms with Crippen LogP contribution in [0.25, 0.3) is 0 Å². The van der Waals surface area contributed by atoms with Crippen molar-refractivity contribution in [2.75, 3.05) is 5.75 Å². The van der Waals surface area contributed by atoms with E-state index >= 15 is 0 Å². The molecule has 2 aromatic heterocycles. The Hall–Kier alpha value is -2.51. The Morgan fingerprint density at radius 2 is 2.15 bits per heavy atom. The summed E-state index contributed by atoms with van der Waals surface area (Å²) in [5.41, 5.74) is 0.891. The number of amides is 1. The van der Waals surface area contributed by atoms with E-state index in [1.165, 1.54) is 16.8 Å². The van der Waals surface area contributed by atoms with Crippen LogP contribution in [0.2, 0.25) is 0 Å². The molecule has 7 heteroatoms. The number of phenols is 1. The summed E-state index contributed by atoms with van der Waals surface area (Å²) in [6, 6.07) is 14.4. The molecule has 0 spiro atoms. The number of phenolic OH excluding ortho intramolecular Hbond substituents is 1. The lowest BCUT2D eigenvalue weighted by molar-refractivity contribution is -0.130. The number of rotatable bonds is 5. The molecule has 1 unspecified atom stereocenters. The number of para-hydroxylation sites is 1. The third-order valence-corrected chi connectivity index (χ3v) is 6.03. The molecule has 0 fully saturated rings. The number of nitrogens with zero attached hydrogens (tertiary/aromatic N) is 2. The number of hydrogen-bond acceptors (Lipinski definition) is 6. The van der Waals surface area contributed by atoms with Crippen LogP contribution in [0.5, 0.6) is 5.75 Å². The third-order valence-electron chi connectivity index (χ3n) is 4.06. The molecule has 132 valence electrons. The Balaban J connectivity index is 1.54. The number of furan rings is 1. The molecule has 0 saturated carbocycles. The first kappa shape index (κ1) is 16.9. The molecular weight excluding hydrogens is 368 g/mol. The maximum Gasteiger partial charge on any atom is 0.253 e. The van der Waals surface area contributed by atoms with Gasteiger partial charge in [-0.2, -0.15) is 5.10 Å². The molecule has 1 aliphatic heterocycles. The Morgan fingerprint density at radius 3 is 2.88 bits per heavy atom. The van der Waals surface area contributed by atoms with E-state index in [2.05, 4.69) is 5.10 Å². The fourth-order valence-corrected chi connectivity index (χ4v) is 4.34. The molecule has 3 heterocycles. The van der Waals surface area contributed by atoms with Crippen molar-refractivity contribution in [2.45, 2.75) is 17.4 Å². The van der Waals surface area contributed by atoms with Crippen LogP contribution in [0.3, 0.4) is 0 Å². The number of benzene rings is 1. The third kappa shape index (κ3) is 3.40. The highest BCUT2D eigenvalue weighted by atomic mass is 32.2. The highest BCUT2D eigenvalue weighted by Crippen LogP contribution is 2.35. The fourth-order valence-electron chi connectivity index (χ4n) is 2.82. The molecule has 3 aromatic rings. The van der Waals surface area contributed by atoms with Crippen LogP contribution in [-0.4, -0.2) is 27.5 Å². The van der Waals surface area contributed by atoms with Crippen LogP contribution in [-0.2, 0) is 4.79 Å². The zero-order chi connectivity index (χ0) is 17.9. The average molecular weight is 384 g/mol. The molecule has 1 amide bonds. The van der Waals surface area contributed by atoms with Gasteiger partial charge < -0.3 is 9.52 Å². The van der Waals surface area contributed by atoms with E-state index in [4.69, 9.17) is 4.42 Å². The summed E-state index contributed by atoms with van der Waals surface area (Å²) >= 11 is 2.91. The summed E-state index contributed by atoms with van der Waals surface area (Å²) < 4.78 is 5.53. The molecule has 4 rings (SSSR count). The minimum absolute atomic E-state index is 0.119. The fraction of sp³-hybridized carbons (Fsp3) is 0.158. The lowest BCUT2D eigenvalue weighted by atomic mass is 10.1. The monoisotopic (exact) mass is 384 g/mol. The molecule has 1 aliphatic rings. The van der Waals surface area contributed by atoms with Crippen molar-refractivity contribution in [2.24, 2.45) is 5.10 Å². The van der Waals surface area contributed by atoms with E-state index in [0.29, 0.717) is 11.3 Å². The van der Waals surface area contributed by atoms with Crippen LogP contribution >= 0.6 is 23.1 Å². The molecule has 0 saturated heterocycles. The number of carbonyl (C=O) groups is 1. The molecule has 1 atom stereocenters. The molecule has 0 radical (unpaired) electrons. The number of thioether (sulfide) groups is 1. The first-order valence-electron chi connectivity index (χ1n) is 8.10. The van der Waals surface area contributed by atoms with Crippen LogP contribution < -0.4 is 0 Å². The van der Waals surface area contributed by atoms with E-state index in [0.717, 1.165) is 16.3 Å². The summed E-state index contributed by atoms with van der Waals surface area (Å²) in [5, 5.41) is 18.0. The van der Waals surface area contributed by atoms with Gasteiger partial charge >= 0.3 is 0 Å². The molecule has 1 N–H and O–H groups in total. The summed E-state index contributed by atoms with van der Waals surface area (Å²) in [4.78, 5) is 14.6. The zero-order valence-corrected chi connectivity index (χ0v) is 15.4. The quantitative estimate of drug-likeness (QED) is 0.657. The maximum atomic E-state index is 12.8. The van der Waals surface area contributed by atoms with Gasteiger partial charge in [0.1, 0.15) is 17.6 Å². The molecular formula is C19H16N2O3S2. The number of thiophene rings is 1. The summed E-state index contributed by atoms with van der Waals surface area (Å²) in [6.07, 6.45) is 2.24. The van der Waals surface area contributed by atoms with Gasteiger partial charge in [-0.1, -0.05) is 18.2 Å². The second-order valence-electron chi connectivity index (χ2n) is 5.75. The summed E-state index contributed by atoms with van der Waals surface area (Å²) in [5.74, 6) is 0.972. The van der Waals surface area contributed by atoms with E-state index < -0.39 is 0 Å². The van der Waals surface area contributed by atoms with Gasteiger partial charge in [-0.3, -0.25) is 4.79 Å². The second-order valence-corrected chi connectivity index (χ2v) is 7.72.